The molecule has 4 heteroatoms. The number of nitrogens with zero attached hydrogens (tertiary/aromatic N) is 3. The first-order valence-corrected chi connectivity index (χ1v) is 5.67. The molecule has 0 atom stereocenters. The van der Waals surface area contributed by atoms with Crippen molar-refractivity contribution in [2.24, 2.45) is 0 Å². The molecule has 0 saturated heterocycles. The lowest BCUT2D eigenvalue weighted by molar-refractivity contribution is 0.187. The van der Waals surface area contributed by atoms with E-state index in [1.54, 1.807) is 6.20 Å². The van der Waals surface area contributed by atoms with Gasteiger partial charge in [-0.05, 0) is 19.0 Å². The van der Waals surface area contributed by atoms with Crippen LogP contribution in [0, 0.1) is 0 Å². The van der Waals surface area contributed by atoms with Gasteiger partial charge in [-0.3, -0.25) is 9.58 Å². The average molecular weight is 211 g/mol. The maximum Gasteiger partial charge on any atom is 0.0558 e. The summed E-state index contributed by atoms with van der Waals surface area (Å²) in [7, 11) is 0. The molecule has 0 aliphatic heterocycles. The molecule has 0 aromatic carbocycles. The van der Waals surface area contributed by atoms with Crippen molar-refractivity contribution in [3.05, 3.63) is 18.5 Å². The fourth-order valence-corrected chi connectivity index (χ4v) is 1.54. The second kappa shape index (κ2) is 7.43. The second-order valence-corrected chi connectivity index (χ2v) is 3.69. The minimum Gasteiger partial charge on any atom is -0.395 e. The minimum atomic E-state index is 0.239. The molecule has 0 aliphatic carbocycles. The molecule has 1 rings (SSSR count). The van der Waals surface area contributed by atoms with Crippen molar-refractivity contribution in [3.63, 3.8) is 0 Å². The topological polar surface area (TPSA) is 41.3 Å². The molecule has 86 valence electrons. The molecular formula is C11H21N3O. The highest BCUT2D eigenvalue weighted by atomic mass is 16.3. The Morgan fingerprint density at radius 2 is 2.20 bits per heavy atom. The molecule has 0 amide bonds. The first-order chi connectivity index (χ1) is 7.36. The molecule has 0 radical (unpaired) electrons. The molecule has 0 saturated carbocycles. The lowest BCUT2D eigenvalue weighted by Crippen LogP contribution is -2.31. The van der Waals surface area contributed by atoms with Gasteiger partial charge in [-0.25, -0.2) is 0 Å². The lowest BCUT2D eigenvalue weighted by Gasteiger charge is -2.20. The highest BCUT2D eigenvalue weighted by Gasteiger charge is 2.03. The molecular weight excluding hydrogens is 190 g/mol. The SMILES string of the molecule is CCCCN(CCO)CCn1cccn1. The number of aliphatic hydroxyl groups excluding tert-OH is 1. The van der Waals surface area contributed by atoms with Crippen LogP contribution in [0.1, 0.15) is 19.8 Å². The van der Waals surface area contributed by atoms with Crippen LogP contribution in [0.4, 0.5) is 0 Å². The Morgan fingerprint density at radius 1 is 1.33 bits per heavy atom. The Kier molecular flexibility index (Phi) is 6.04. The highest BCUT2D eigenvalue weighted by molar-refractivity contribution is 4.77. The van der Waals surface area contributed by atoms with E-state index in [-0.39, 0.29) is 6.61 Å². The third kappa shape index (κ3) is 4.95. The molecule has 0 spiro atoms. The van der Waals surface area contributed by atoms with Gasteiger partial charge in [-0.2, -0.15) is 5.10 Å². The van der Waals surface area contributed by atoms with Gasteiger partial charge in [-0.1, -0.05) is 13.3 Å². The summed E-state index contributed by atoms with van der Waals surface area (Å²) in [5, 5.41) is 13.1. The van der Waals surface area contributed by atoms with Gasteiger partial charge < -0.3 is 5.11 Å². The largest absolute Gasteiger partial charge is 0.395 e. The van der Waals surface area contributed by atoms with Gasteiger partial charge in [0.2, 0.25) is 0 Å². The van der Waals surface area contributed by atoms with Crippen LogP contribution in [0.2, 0.25) is 0 Å². The zero-order valence-corrected chi connectivity index (χ0v) is 9.47. The monoisotopic (exact) mass is 211 g/mol. The Morgan fingerprint density at radius 3 is 2.80 bits per heavy atom. The van der Waals surface area contributed by atoms with Gasteiger partial charge in [0.1, 0.15) is 0 Å². The predicted octanol–water partition coefficient (Wildman–Crippen LogP) is 0.977. The molecule has 4 nitrogen and oxygen atoms in total. The van der Waals surface area contributed by atoms with Crippen LogP contribution in [-0.4, -0.2) is 46.0 Å². The fourth-order valence-electron chi connectivity index (χ4n) is 1.54. The number of aliphatic hydroxyl groups is 1. The Hall–Kier alpha value is -0.870. The summed E-state index contributed by atoms with van der Waals surface area (Å²) in [5.41, 5.74) is 0. The van der Waals surface area contributed by atoms with E-state index >= 15 is 0 Å². The maximum atomic E-state index is 8.93. The average Bonchev–Trinajstić information content (AvgIpc) is 2.75. The summed E-state index contributed by atoms with van der Waals surface area (Å²) < 4.78 is 1.93. The van der Waals surface area contributed by atoms with Crippen molar-refractivity contribution in [2.75, 3.05) is 26.2 Å². The predicted molar refractivity (Wildman–Crippen MR) is 60.7 cm³/mol. The van der Waals surface area contributed by atoms with Crippen LogP contribution < -0.4 is 0 Å². The van der Waals surface area contributed by atoms with Crippen molar-refractivity contribution < 1.29 is 5.11 Å². The van der Waals surface area contributed by atoms with Gasteiger partial charge in [0, 0.05) is 25.5 Å². The zero-order valence-electron chi connectivity index (χ0n) is 9.47. The molecule has 0 bridgehead atoms. The normalized spacial score (nSPS) is 11.1. The third-order valence-electron chi connectivity index (χ3n) is 2.45. The van der Waals surface area contributed by atoms with Crippen molar-refractivity contribution in [1.82, 2.24) is 14.7 Å². The van der Waals surface area contributed by atoms with E-state index in [0.29, 0.717) is 0 Å². The second-order valence-electron chi connectivity index (χ2n) is 3.69. The van der Waals surface area contributed by atoms with E-state index in [4.69, 9.17) is 5.11 Å². The summed E-state index contributed by atoms with van der Waals surface area (Å²) in [5.74, 6) is 0. The summed E-state index contributed by atoms with van der Waals surface area (Å²) in [6.07, 6.45) is 6.15. The van der Waals surface area contributed by atoms with E-state index in [0.717, 1.165) is 26.2 Å². The molecule has 0 unspecified atom stereocenters. The summed E-state index contributed by atoms with van der Waals surface area (Å²) in [6.45, 7) is 6.12. The van der Waals surface area contributed by atoms with Gasteiger partial charge in [0.15, 0.2) is 0 Å². The number of hydrogen-bond donors (Lipinski definition) is 1. The summed E-state index contributed by atoms with van der Waals surface area (Å²) in [4.78, 5) is 2.28. The van der Waals surface area contributed by atoms with Crippen molar-refractivity contribution >= 4 is 0 Å². The fraction of sp³-hybridized carbons (Fsp3) is 0.727. The first-order valence-electron chi connectivity index (χ1n) is 5.67. The van der Waals surface area contributed by atoms with Gasteiger partial charge in [0.05, 0.1) is 13.2 Å². The third-order valence-corrected chi connectivity index (χ3v) is 2.45. The molecule has 1 N–H and O–H groups in total. The van der Waals surface area contributed by atoms with Crippen LogP contribution in [0.25, 0.3) is 0 Å². The maximum absolute atomic E-state index is 8.93. The number of rotatable bonds is 8. The summed E-state index contributed by atoms with van der Waals surface area (Å²) >= 11 is 0. The van der Waals surface area contributed by atoms with Crippen LogP contribution >= 0.6 is 0 Å². The smallest absolute Gasteiger partial charge is 0.0558 e. The number of hydrogen-bond acceptors (Lipinski definition) is 3. The molecule has 1 heterocycles. The quantitative estimate of drug-likeness (QED) is 0.697. The first kappa shape index (κ1) is 12.2. The van der Waals surface area contributed by atoms with E-state index in [1.807, 2.05) is 16.9 Å². The minimum absolute atomic E-state index is 0.239. The van der Waals surface area contributed by atoms with E-state index in [2.05, 4.69) is 16.9 Å². The zero-order chi connectivity index (χ0) is 10.9. The Bertz CT molecular complexity index is 236. The Balaban J connectivity index is 2.24. The molecule has 0 fully saturated rings. The highest BCUT2D eigenvalue weighted by Crippen LogP contribution is 1.96. The molecule has 1 aromatic heterocycles. The van der Waals surface area contributed by atoms with Crippen LogP contribution in [0.3, 0.4) is 0 Å². The Labute approximate surface area is 91.5 Å². The summed E-state index contributed by atoms with van der Waals surface area (Å²) in [6, 6.07) is 1.93. The van der Waals surface area contributed by atoms with Crippen LogP contribution in [-0.2, 0) is 6.54 Å². The van der Waals surface area contributed by atoms with Crippen LogP contribution in [0.5, 0.6) is 0 Å². The molecule has 15 heavy (non-hydrogen) atoms. The van der Waals surface area contributed by atoms with Gasteiger partial charge >= 0.3 is 0 Å². The van der Waals surface area contributed by atoms with Gasteiger partial charge in [-0.15, -0.1) is 0 Å². The number of aromatic nitrogens is 2. The van der Waals surface area contributed by atoms with E-state index in [9.17, 15) is 0 Å². The van der Waals surface area contributed by atoms with E-state index < -0.39 is 0 Å². The lowest BCUT2D eigenvalue weighted by atomic mass is 10.3. The number of unbranched alkanes of at least 4 members (excludes halogenated alkanes) is 1. The van der Waals surface area contributed by atoms with E-state index in [1.165, 1.54) is 12.8 Å². The molecule has 0 aliphatic rings. The van der Waals surface area contributed by atoms with Crippen molar-refractivity contribution in [2.45, 2.75) is 26.3 Å². The van der Waals surface area contributed by atoms with Gasteiger partial charge in [0.25, 0.3) is 0 Å². The molecule has 1 aromatic rings. The standard InChI is InChI=1S/C11H21N3O/c1-2-3-6-13(10-11-15)8-9-14-7-4-5-12-14/h4-5,7,15H,2-3,6,8-11H2,1H3. The van der Waals surface area contributed by atoms with Crippen molar-refractivity contribution in [1.29, 1.82) is 0 Å². The van der Waals surface area contributed by atoms with Crippen LogP contribution in [0.15, 0.2) is 18.5 Å². The van der Waals surface area contributed by atoms with Crippen molar-refractivity contribution in [3.8, 4) is 0 Å².